The molecule has 3 fully saturated rings. The van der Waals surface area contributed by atoms with E-state index in [0.29, 0.717) is 5.92 Å². The third-order valence-corrected chi connectivity index (χ3v) is 5.52. The van der Waals surface area contributed by atoms with E-state index in [1.807, 2.05) is 13.8 Å². The maximum Gasteiger partial charge on any atom is 0.309 e. The van der Waals surface area contributed by atoms with Gasteiger partial charge in [-0.05, 0) is 38.0 Å². The third-order valence-electron chi connectivity index (χ3n) is 5.52. The molecule has 3 nitrogen and oxygen atoms in total. The Labute approximate surface area is 108 Å². The summed E-state index contributed by atoms with van der Waals surface area (Å²) in [6, 6.07) is 0. The maximum atomic E-state index is 11.7. The fourth-order valence-electron chi connectivity index (χ4n) is 4.27. The van der Waals surface area contributed by atoms with Gasteiger partial charge in [0.2, 0.25) is 0 Å². The molecule has 1 saturated heterocycles. The molecule has 0 aromatic carbocycles. The van der Waals surface area contributed by atoms with Gasteiger partial charge in [0, 0.05) is 12.3 Å². The summed E-state index contributed by atoms with van der Waals surface area (Å²) in [4.78, 5) is 11.7. The summed E-state index contributed by atoms with van der Waals surface area (Å²) in [5.74, 6) is 0.814. The van der Waals surface area contributed by atoms with Crippen LogP contribution < -0.4 is 0 Å². The van der Waals surface area contributed by atoms with E-state index in [4.69, 9.17) is 4.74 Å². The van der Waals surface area contributed by atoms with Crippen LogP contribution in [0.2, 0.25) is 0 Å². The van der Waals surface area contributed by atoms with Crippen LogP contribution in [0.15, 0.2) is 12.2 Å². The van der Waals surface area contributed by atoms with E-state index < -0.39 is 5.60 Å². The molecule has 1 aliphatic heterocycles. The van der Waals surface area contributed by atoms with Crippen molar-refractivity contribution in [3.8, 4) is 0 Å². The lowest BCUT2D eigenvalue weighted by Gasteiger charge is -2.30. The summed E-state index contributed by atoms with van der Waals surface area (Å²) in [5.41, 5.74) is 0.570. The molecule has 2 aliphatic carbocycles. The van der Waals surface area contributed by atoms with Crippen molar-refractivity contribution in [3.05, 3.63) is 12.2 Å². The molecule has 3 heteroatoms. The Morgan fingerprint density at radius 3 is 2.94 bits per heavy atom. The average Bonchev–Trinajstić information content (AvgIpc) is 2.65. The van der Waals surface area contributed by atoms with E-state index in [1.54, 1.807) is 0 Å². The van der Waals surface area contributed by atoms with Gasteiger partial charge < -0.3 is 9.84 Å². The summed E-state index contributed by atoms with van der Waals surface area (Å²) in [6.07, 6.45) is 3.56. The number of hydrogen-bond donors (Lipinski definition) is 1. The van der Waals surface area contributed by atoms with Gasteiger partial charge in [0.15, 0.2) is 0 Å². The Balaban J connectivity index is 1.92. The third kappa shape index (κ3) is 1.63. The Morgan fingerprint density at radius 1 is 1.50 bits per heavy atom. The highest BCUT2D eigenvalue weighted by molar-refractivity contribution is 5.75. The van der Waals surface area contributed by atoms with Crippen molar-refractivity contribution in [1.29, 1.82) is 0 Å². The standard InChI is InChI=1S/C15H22O3/c1-8-6-13-11(9(2)14(16)18-13)7-12-10(8)4-5-15(12,3)17/h9-13,17H,1,4-7H2,2-3H3/t9-,10+,11+,12+,13-,15+/m0/s1. The second kappa shape index (κ2) is 3.83. The van der Waals surface area contributed by atoms with Crippen LogP contribution in [0.5, 0.6) is 0 Å². The predicted octanol–water partition coefficient (Wildman–Crippen LogP) is 2.29. The van der Waals surface area contributed by atoms with Crippen LogP contribution >= 0.6 is 0 Å². The van der Waals surface area contributed by atoms with Gasteiger partial charge in [-0.15, -0.1) is 0 Å². The lowest BCUT2D eigenvalue weighted by molar-refractivity contribution is -0.143. The lowest BCUT2D eigenvalue weighted by Crippen LogP contribution is -2.34. The van der Waals surface area contributed by atoms with Crippen molar-refractivity contribution in [1.82, 2.24) is 0 Å². The zero-order chi connectivity index (χ0) is 13.1. The van der Waals surface area contributed by atoms with Gasteiger partial charge in [0.1, 0.15) is 6.10 Å². The molecule has 1 heterocycles. The molecule has 0 spiro atoms. The first-order valence-electron chi connectivity index (χ1n) is 7.00. The van der Waals surface area contributed by atoms with Gasteiger partial charge in [0.05, 0.1) is 11.5 Å². The van der Waals surface area contributed by atoms with Gasteiger partial charge in [0.25, 0.3) is 0 Å². The minimum absolute atomic E-state index is 0.00130. The SMILES string of the molecule is C=C1C[C@@H]2OC(=O)[C@@H](C)[C@H]2C[C@@H]2[C@@H]1CC[C@@]2(C)O. The molecule has 1 N–H and O–H groups in total. The summed E-state index contributed by atoms with van der Waals surface area (Å²) in [5, 5.41) is 10.5. The van der Waals surface area contributed by atoms with Crippen molar-refractivity contribution >= 4 is 5.97 Å². The molecule has 2 saturated carbocycles. The smallest absolute Gasteiger partial charge is 0.309 e. The average molecular weight is 250 g/mol. The van der Waals surface area contributed by atoms with E-state index in [9.17, 15) is 9.90 Å². The molecule has 0 unspecified atom stereocenters. The molecule has 6 atom stereocenters. The maximum absolute atomic E-state index is 11.7. The number of rotatable bonds is 0. The zero-order valence-electron chi connectivity index (χ0n) is 11.2. The summed E-state index contributed by atoms with van der Waals surface area (Å²) < 4.78 is 5.48. The highest BCUT2D eigenvalue weighted by Crippen LogP contribution is 2.53. The van der Waals surface area contributed by atoms with E-state index in [-0.39, 0.29) is 29.8 Å². The minimum Gasteiger partial charge on any atom is -0.461 e. The number of aliphatic hydroxyl groups is 1. The predicted molar refractivity (Wildman–Crippen MR) is 67.7 cm³/mol. The number of ether oxygens (including phenoxy) is 1. The molecule has 3 aliphatic rings. The number of hydrogen-bond acceptors (Lipinski definition) is 3. The van der Waals surface area contributed by atoms with Gasteiger partial charge >= 0.3 is 5.97 Å². The topological polar surface area (TPSA) is 46.5 Å². The Morgan fingerprint density at radius 2 is 2.22 bits per heavy atom. The van der Waals surface area contributed by atoms with Crippen molar-refractivity contribution in [3.63, 3.8) is 0 Å². The van der Waals surface area contributed by atoms with Crippen molar-refractivity contribution in [2.45, 2.75) is 51.2 Å². The second-order valence-electron chi connectivity index (χ2n) is 6.63. The van der Waals surface area contributed by atoms with Crippen LogP contribution in [0.3, 0.4) is 0 Å². The Kier molecular flexibility index (Phi) is 2.60. The van der Waals surface area contributed by atoms with E-state index in [0.717, 1.165) is 25.7 Å². The number of carbonyl (C=O) groups is 1. The number of fused-ring (bicyclic) bond motifs is 2. The van der Waals surface area contributed by atoms with Crippen molar-refractivity contribution < 1.29 is 14.6 Å². The van der Waals surface area contributed by atoms with Gasteiger partial charge in [-0.3, -0.25) is 4.79 Å². The molecule has 3 rings (SSSR count). The molecule has 0 radical (unpaired) electrons. The van der Waals surface area contributed by atoms with Crippen molar-refractivity contribution in [2.75, 3.05) is 0 Å². The Bertz CT molecular complexity index is 399. The Hall–Kier alpha value is -0.830. The van der Waals surface area contributed by atoms with Gasteiger partial charge in [-0.1, -0.05) is 19.1 Å². The molecule has 0 aromatic heterocycles. The largest absolute Gasteiger partial charge is 0.461 e. The first kappa shape index (κ1) is 12.2. The summed E-state index contributed by atoms with van der Waals surface area (Å²) in [7, 11) is 0. The summed E-state index contributed by atoms with van der Waals surface area (Å²) >= 11 is 0. The van der Waals surface area contributed by atoms with Crippen LogP contribution in [0.25, 0.3) is 0 Å². The lowest BCUT2D eigenvalue weighted by atomic mass is 9.77. The molecule has 18 heavy (non-hydrogen) atoms. The number of esters is 1. The first-order valence-corrected chi connectivity index (χ1v) is 7.00. The monoisotopic (exact) mass is 250 g/mol. The normalized spacial score (nSPS) is 51.6. The van der Waals surface area contributed by atoms with Crippen LogP contribution in [0, 0.1) is 23.7 Å². The van der Waals surface area contributed by atoms with Gasteiger partial charge in [-0.2, -0.15) is 0 Å². The fourth-order valence-corrected chi connectivity index (χ4v) is 4.27. The molecular weight excluding hydrogens is 228 g/mol. The highest BCUT2D eigenvalue weighted by Gasteiger charge is 2.53. The summed E-state index contributed by atoms with van der Waals surface area (Å²) in [6.45, 7) is 8.09. The fraction of sp³-hybridized carbons (Fsp3) is 0.800. The second-order valence-corrected chi connectivity index (χ2v) is 6.63. The first-order chi connectivity index (χ1) is 8.40. The quantitative estimate of drug-likeness (QED) is 0.530. The highest BCUT2D eigenvalue weighted by atomic mass is 16.6. The van der Waals surface area contributed by atoms with E-state index in [1.165, 1.54) is 5.57 Å². The molecule has 0 amide bonds. The molecule has 0 aromatic rings. The molecule has 0 bridgehead atoms. The zero-order valence-corrected chi connectivity index (χ0v) is 11.2. The van der Waals surface area contributed by atoms with Crippen LogP contribution in [0.4, 0.5) is 0 Å². The van der Waals surface area contributed by atoms with Crippen molar-refractivity contribution in [2.24, 2.45) is 23.7 Å². The van der Waals surface area contributed by atoms with Crippen LogP contribution in [-0.4, -0.2) is 22.8 Å². The van der Waals surface area contributed by atoms with E-state index in [2.05, 4.69) is 6.58 Å². The number of carbonyl (C=O) groups excluding carboxylic acids is 1. The molecular formula is C15H22O3. The van der Waals surface area contributed by atoms with Crippen LogP contribution in [0.1, 0.15) is 39.5 Å². The van der Waals surface area contributed by atoms with Crippen LogP contribution in [-0.2, 0) is 9.53 Å². The molecule has 100 valence electrons. The van der Waals surface area contributed by atoms with E-state index >= 15 is 0 Å². The van der Waals surface area contributed by atoms with Gasteiger partial charge in [-0.25, -0.2) is 0 Å². The minimum atomic E-state index is -0.603.